The van der Waals surface area contributed by atoms with Crippen LogP contribution in [0.2, 0.25) is 0 Å². The number of carbonyl (C=O) groups is 2. The van der Waals surface area contributed by atoms with Gasteiger partial charge in [0.2, 0.25) is 10.0 Å². The smallest absolute Gasteiger partial charge is 0.340 e. The third kappa shape index (κ3) is 6.39. The van der Waals surface area contributed by atoms with Crippen molar-refractivity contribution >= 4 is 33.3 Å². The summed E-state index contributed by atoms with van der Waals surface area (Å²) in [6.45, 7) is 3.99. The van der Waals surface area contributed by atoms with E-state index in [9.17, 15) is 18.0 Å². The van der Waals surface area contributed by atoms with Crippen LogP contribution < -0.4 is 19.1 Å². The van der Waals surface area contributed by atoms with Crippen LogP contribution in [-0.2, 0) is 21.3 Å². The molecule has 0 bridgehead atoms. The van der Waals surface area contributed by atoms with Gasteiger partial charge in [-0.1, -0.05) is 18.2 Å². The highest BCUT2D eigenvalue weighted by atomic mass is 32.2. The van der Waals surface area contributed by atoms with E-state index in [0.717, 1.165) is 17.4 Å². The van der Waals surface area contributed by atoms with E-state index in [0.29, 0.717) is 28.3 Å². The Hall–Kier alpha value is -4.05. The number of anilines is 2. The molecular formula is C27H30N2O7S. The summed E-state index contributed by atoms with van der Waals surface area (Å²) in [5.41, 5.74) is 3.92. The van der Waals surface area contributed by atoms with Crippen LogP contribution in [-0.4, -0.2) is 47.9 Å². The Morgan fingerprint density at radius 2 is 1.49 bits per heavy atom. The maximum Gasteiger partial charge on any atom is 0.340 e. The Morgan fingerprint density at radius 1 is 0.865 bits per heavy atom. The lowest BCUT2D eigenvalue weighted by atomic mass is 10.1. The van der Waals surface area contributed by atoms with Gasteiger partial charge >= 0.3 is 5.97 Å². The molecule has 0 heterocycles. The van der Waals surface area contributed by atoms with Gasteiger partial charge in [0.05, 0.1) is 51.1 Å². The van der Waals surface area contributed by atoms with Gasteiger partial charge in [-0.2, -0.15) is 0 Å². The molecule has 0 unspecified atom stereocenters. The molecular weight excluding hydrogens is 496 g/mol. The Morgan fingerprint density at radius 3 is 2.03 bits per heavy atom. The number of sulfonamides is 1. The van der Waals surface area contributed by atoms with Gasteiger partial charge in [0.25, 0.3) is 5.91 Å². The zero-order valence-electron chi connectivity index (χ0n) is 21.6. The number of carbonyl (C=O) groups excluding carboxylic acids is 2. The van der Waals surface area contributed by atoms with E-state index in [1.165, 1.54) is 37.8 Å². The average molecular weight is 527 g/mol. The highest BCUT2D eigenvalue weighted by molar-refractivity contribution is 7.92. The number of benzene rings is 3. The van der Waals surface area contributed by atoms with Gasteiger partial charge in [-0.05, 0) is 54.8 Å². The summed E-state index contributed by atoms with van der Waals surface area (Å²) in [6.07, 6.45) is 1.16. The molecule has 10 heteroatoms. The van der Waals surface area contributed by atoms with Crippen LogP contribution in [0.5, 0.6) is 11.5 Å². The lowest BCUT2D eigenvalue weighted by Gasteiger charge is -2.23. The van der Waals surface area contributed by atoms with Crippen molar-refractivity contribution in [3.63, 3.8) is 0 Å². The van der Waals surface area contributed by atoms with Crippen molar-refractivity contribution < 1.29 is 32.2 Å². The molecule has 3 aromatic carbocycles. The second kappa shape index (κ2) is 11.3. The predicted octanol–water partition coefficient (Wildman–Crippen LogP) is 4.33. The molecule has 0 aliphatic heterocycles. The van der Waals surface area contributed by atoms with Crippen LogP contribution in [0.15, 0.2) is 54.6 Å². The predicted molar refractivity (Wildman–Crippen MR) is 142 cm³/mol. The topological polar surface area (TPSA) is 111 Å². The number of methoxy groups -OCH3 is 3. The fraction of sp³-hybridized carbons (Fsp3) is 0.259. The van der Waals surface area contributed by atoms with E-state index >= 15 is 0 Å². The summed E-state index contributed by atoms with van der Waals surface area (Å²) < 4.78 is 41.7. The molecule has 0 saturated carbocycles. The van der Waals surface area contributed by atoms with Gasteiger partial charge in [0.1, 0.15) is 0 Å². The zero-order chi connectivity index (χ0) is 27.3. The maximum atomic E-state index is 13.0. The summed E-state index contributed by atoms with van der Waals surface area (Å²) in [5.74, 6) is -0.491. The van der Waals surface area contributed by atoms with Gasteiger partial charge in [-0.25, -0.2) is 13.2 Å². The van der Waals surface area contributed by atoms with E-state index in [1.807, 2.05) is 26.0 Å². The molecule has 0 aliphatic rings. The molecule has 9 nitrogen and oxygen atoms in total. The summed E-state index contributed by atoms with van der Waals surface area (Å²) in [6, 6.07) is 14.9. The Kier molecular flexibility index (Phi) is 8.44. The van der Waals surface area contributed by atoms with Crippen LogP contribution in [0.3, 0.4) is 0 Å². The van der Waals surface area contributed by atoms with E-state index < -0.39 is 21.9 Å². The first-order valence-corrected chi connectivity index (χ1v) is 13.1. The number of hydrogen-bond donors (Lipinski definition) is 1. The SMILES string of the molecule is COC(=O)c1cc(OC)c(OC)cc1NC(=O)c1ccc(CN(c2ccc(C)c(C)c2)S(C)(=O)=O)cc1. The molecule has 0 fully saturated rings. The lowest BCUT2D eigenvalue weighted by molar-refractivity contribution is 0.0601. The average Bonchev–Trinajstić information content (AvgIpc) is 2.87. The maximum absolute atomic E-state index is 13.0. The number of esters is 1. The quantitative estimate of drug-likeness (QED) is 0.413. The number of rotatable bonds is 9. The highest BCUT2D eigenvalue weighted by Crippen LogP contribution is 2.34. The summed E-state index contributed by atoms with van der Waals surface area (Å²) in [7, 11) is 0.561. The number of amides is 1. The summed E-state index contributed by atoms with van der Waals surface area (Å²) in [4.78, 5) is 25.3. The van der Waals surface area contributed by atoms with Crippen molar-refractivity contribution in [2.24, 2.45) is 0 Å². The fourth-order valence-corrected chi connectivity index (χ4v) is 4.54. The summed E-state index contributed by atoms with van der Waals surface area (Å²) in [5, 5.41) is 2.71. The van der Waals surface area contributed by atoms with Gasteiger partial charge < -0.3 is 19.5 Å². The molecule has 1 amide bonds. The number of aryl methyl sites for hydroxylation is 2. The van der Waals surface area contributed by atoms with Crippen molar-refractivity contribution in [3.8, 4) is 11.5 Å². The summed E-state index contributed by atoms with van der Waals surface area (Å²) >= 11 is 0. The molecule has 0 aromatic heterocycles. The highest BCUT2D eigenvalue weighted by Gasteiger charge is 2.21. The van der Waals surface area contributed by atoms with Crippen LogP contribution in [0, 0.1) is 13.8 Å². The fourth-order valence-electron chi connectivity index (χ4n) is 3.66. The molecule has 196 valence electrons. The Balaban J connectivity index is 1.85. The first-order valence-electron chi connectivity index (χ1n) is 11.3. The van der Waals surface area contributed by atoms with Crippen LogP contribution in [0.4, 0.5) is 11.4 Å². The normalized spacial score (nSPS) is 11.0. The molecule has 0 saturated heterocycles. The van der Waals surface area contributed by atoms with Crippen LogP contribution >= 0.6 is 0 Å². The van der Waals surface area contributed by atoms with Gasteiger partial charge in [0.15, 0.2) is 11.5 Å². The number of ether oxygens (including phenoxy) is 3. The third-order valence-electron chi connectivity index (χ3n) is 5.90. The van der Waals surface area contributed by atoms with E-state index in [-0.39, 0.29) is 17.8 Å². The van der Waals surface area contributed by atoms with Crippen molar-refractivity contribution in [2.45, 2.75) is 20.4 Å². The molecule has 3 rings (SSSR count). The van der Waals surface area contributed by atoms with Gasteiger partial charge in [-0.3, -0.25) is 9.10 Å². The monoisotopic (exact) mass is 526 g/mol. The minimum atomic E-state index is -3.55. The van der Waals surface area contributed by atoms with Crippen LogP contribution in [0.25, 0.3) is 0 Å². The van der Waals surface area contributed by atoms with E-state index in [1.54, 1.807) is 30.3 Å². The first-order chi connectivity index (χ1) is 17.5. The Labute approximate surface area is 217 Å². The zero-order valence-corrected chi connectivity index (χ0v) is 22.4. The number of hydrogen-bond acceptors (Lipinski definition) is 7. The van der Waals surface area contributed by atoms with Crippen molar-refractivity contribution in [2.75, 3.05) is 37.2 Å². The molecule has 3 aromatic rings. The lowest BCUT2D eigenvalue weighted by Crippen LogP contribution is -2.29. The minimum Gasteiger partial charge on any atom is -0.493 e. The standard InChI is InChI=1S/C27H30N2O7S/c1-17-7-12-21(13-18(17)2)29(37(6,32)33)16-19-8-10-20(11-9-19)26(30)28-23-15-25(35-4)24(34-3)14-22(23)27(31)36-5/h7-15H,16H2,1-6H3,(H,28,30). The molecule has 1 N–H and O–H groups in total. The van der Waals surface area contributed by atoms with E-state index in [4.69, 9.17) is 14.2 Å². The largest absolute Gasteiger partial charge is 0.493 e. The molecule has 37 heavy (non-hydrogen) atoms. The van der Waals surface area contributed by atoms with Crippen LogP contribution in [0.1, 0.15) is 37.4 Å². The van der Waals surface area contributed by atoms with Crippen molar-refractivity contribution in [1.82, 2.24) is 0 Å². The van der Waals surface area contributed by atoms with Gasteiger partial charge in [-0.15, -0.1) is 0 Å². The third-order valence-corrected chi connectivity index (χ3v) is 7.04. The molecule has 0 aliphatic carbocycles. The van der Waals surface area contributed by atoms with E-state index in [2.05, 4.69) is 5.32 Å². The molecule has 0 atom stereocenters. The number of nitrogens with zero attached hydrogens (tertiary/aromatic N) is 1. The molecule has 0 radical (unpaired) electrons. The second-order valence-corrected chi connectivity index (χ2v) is 10.3. The van der Waals surface area contributed by atoms with Crippen molar-refractivity contribution in [1.29, 1.82) is 0 Å². The minimum absolute atomic E-state index is 0.0994. The first kappa shape index (κ1) is 27.5. The molecule has 0 spiro atoms. The van der Waals surface area contributed by atoms with Gasteiger partial charge in [0, 0.05) is 17.7 Å². The Bertz CT molecular complexity index is 1420. The number of nitrogens with one attached hydrogen (secondary N) is 1. The second-order valence-electron chi connectivity index (χ2n) is 8.43. The van der Waals surface area contributed by atoms with Crippen molar-refractivity contribution in [3.05, 3.63) is 82.4 Å².